The van der Waals surface area contributed by atoms with Crippen molar-refractivity contribution in [2.75, 3.05) is 0 Å². The highest BCUT2D eigenvalue weighted by Gasteiger charge is 2.52. The Morgan fingerprint density at radius 3 is 2.00 bits per heavy atom. The lowest BCUT2D eigenvalue weighted by molar-refractivity contribution is 0.00578. The molecule has 0 unspecified atom stereocenters. The fourth-order valence-corrected chi connectivity index (χ4v) is 3.45. The maximum Gasteiger partial charge on any atom is 0.495 e. The molecule has 142 valence electrons. The van der Waals surface area contributed by atoms with Crippen LogP contribution in [0.1, 0.15) is 60.3 Å². The van der Waals surface area contributed by atoms with E-state index in [-0.39, 0.29) is 17.0 Å². The van der Waals surface area contributed by atoms with Gasteiger partial charge in [-0.1, -0.05) is 41.0 Å². The normalized spacial score (nSPS) is 18.0. The molecule has 1 saturated heterocycles. The van der Waals surface area contributed by atoms with Gasteiger partial charge in [-0.3, -0.25) is 4.79 Å². The fourth-order valence-electron chi connectivity index (χ4n) is 3.45. The van der Waals surface area contributed by atoms with Crippen LogP contribution in [0, 0.1) is 20.8 Å². The van der Waals surface area contributed by atoms with Crippen molar-refractivity contribution in [3.63, 3.8) is 0 Å². The molecule has 27 heavy (non-hydrogen) atoms. The van der Waals surface area contributed by atoms with Crippen LogP contribution in [-0.4, -0.2) is 24.1 Å². The second-order valence-corrected chi connectivity index (χ2v) is 8.76. The third-order valence-corrected chi connectivity index (χ3v) is 5.76. The summed E-state index contributed by atoms with van der Waals surface area (Å²) in [5.41, 5.74) is 5.32. The minimum Gasteiger partial charge on any atom is -0.399 e. The molecule has 0 aromatic heterocycles. The summed E-state index contributed by atoms with van der Waals surface area (Å²) in [5, 5.41) is 0. The summed E-state index contributed by atoms with van der Waals surface area (Å²) in [6.45, 7) is 14.3. The molecular formula is C23H29BO3. The first kappa shape index (κ1) is 19.8. The summed E-state index contributed by atoms with van der Waals surface area (Å²) in [7, 11) is -0.411. The first-order valence-electron chi connectivity index (χ1n) is 9.55. The molecule has 3 rings (SSSR count). The molecule has 0 radical (unpaired) electrons. The van der Waals surface area contributed by atoms with E-state index in [1.165, 1.54) is 0 Å². The Balaban J connectivity index is 1.85. The number of Topliss-reactive ketones (excluding diaryl/α,β-unsaturated/α-hetero) is 1. The van der Waals surface area contributed by atoms with Crippen LogP contribution in [0.15, 0.2) is 36.4 Å². The van der Waals surface area contributed by atoms with Crippen LogP contribution in [0.3, 0.4) is 0 Å². The highest BCUT2D eigenvalue weighted by Crippen LogP contribution is 2.36. The molecule has 3 nitrogen and oxygen atoms in total. The van der Waals surface area contributed by atoms with Gasteiger partial charge < -0.3 is 9.31 Å². The molecule has 1 aliphatic heterocycles. The predicted octanol–water partition coefficient (Wildman–Crippen LogP) is 4.34. The summed E-state index contributed by atoms with van der Waals surface area (Å²) >= 11 is 0. The maximum absolute atomic E-state index is 12.8. The summed E-state index contributed by atoms with van der Waals surface area (Å²) in [6, 6.07) is 12.1. The fraction of sp³-hybridized carbons (Fsp3) is 0.435. The van der Waals surface area contributed by atoms with E-state index < -0.39 is 7.12 Å². The number of aryl methyl sites for hydroxylation is 3. The van der Waals surface area contributed by atoms with Crippen LogP contribution in [0.2, 0.25) is 0 Å². The molecule has 0 aliphatic carbocycles. The van der Waals surface area contributed by atoms with E-state index >= 15 is 0 Å². The molecule has 0 N–H and O–H groups in total. The van der Waals surface area contributed by atoms with Crippen LogP contribution in [0.4, 0.5) is 0 Å². The SMILES string of the molecule is Cc1cc(C)cc(C(=O)Cc2ccc(C)c(B3OC(C)(C)C(C)(C)O3)c2)c1. The molecule has 4 heteroatoms. The third kappa shape index (κ3) is 4.02. The highest BCUT2D eigenvalue weighted by atomic mass is 16.7. The number of carbonyl (C=O) groups is 1. The van der Waals surface area contributed by atoms with Gasteiger partial charge >= 0.3 is 7.12 Å². The Hall–Kier alpha value is -1.91. The third-order valence-electron chi connectivity index (χ3n) is 5.76. The lowest BCUT2D eigenvalue weighted by Gasteiger charge is -2.32. The zero-order chi connectivity index (χ0) is 20.0. The second kappa shape index (κ2) is 6.92. The Labute approximate surface area is 163 Å². The van der Waals surface area contributed by atoms with Crippen molar-refractivity contribution < 1.29 is 14.1 Å². The smallest absolute Gasteiger partial charge is 0.399 e. The van der Waals surface area contributed by atoms with Gasteiger partial charge in [0.05, 0.1) is 11.2 Å². The zero-order valence-corrected chi connectivity index (χ0v) is 17.5. The number of ketones is 1. The van der Waals surface area contributed by atoms with Crippen LogP contribution in [-0.2, 0) is 15.7 Å². The molecule has 0 atom stereocenters. The van der Waals surface area contributed by atoms with Gasteiger partial charge in [0, 0.05) is 12.0 Å². The predicted molar refractivity (Wildman–Crippen MR) is 111 cm³/mol. The van der Waals surface area contributed by atoms with E-state index in [1.807, 2.05) is 38.1 Å². The molecule has 2 aromatic carbocycles. The van der Waals surface area contributed by atoms with Gasteiger partial charge in [0.15, 0.2) is 5.78 Å². The summed E-state index contributed by atoms with van der Waals surface area (Å²) in [5.74, 6) is 0.130. The minimum atomic E-state index is -0.411. The van der Waals surface area contributed by atoms with Crippen molar-refractivity contribution in [1.82, 2.24) is 0 Å². The molecule has 0 saturated carbocycles. The van der Waals surface area contributed by atoms with E-state index in [1.54, 1.807) is 0 Å². The number of carbonyl (C=O) groups excluding carboxylic acids is 1. The van der Waals surface area contributed by atoms with Crippen molar-refractivity contribution in [2.24, 2.45) is 0 Å². The number of hydrogen-bond acceptors (Lipinski definition) is 3. The molecule has 0 amide bonds. The van der Waals surface area contributed by atoms with Gasteiger partial charge in [-0.2, -0.15) is 0 Å². The number of benzene rings is 2. The first-order chi connectivity index (χ1) is 12.5. The van der Waals surface area contributed by atoms with Crippen molar-refractivity contribution >= 4 is 18.4 Å². The molecule has 1 aliphatic rings. The van der Waals surface area contributed by atoms with Crippen molar-refractivity contribution in [1.29, 1.82) is 0 Å². The summed E-state index contributed by atoms with van der Waals surface area (Å²) in [4.78, 5) is 12.8. The van der Waals surface area contributed by atoms with E-state index in [0.29, 0.717) is 6.42 Å². The topological polar surface area (TPSA) is 35.5 Å². The van der Waals surface area contributed by atoms with E-state index in [9.17, 15) is 4.79 Å². The van der Waals surface area contributed by atoms with E-state index in [2.05, 4.69) is 46.8 Å². The van der Waals surface area contributed by atoms with Gasteiger partial charge in [-0.15, -0.1) is 0 Å². The minimum absolute atomic E-state index is 0.130. The first-order valence-corrected chi connectivity index (χ1v) is 9.55. The molecule has 1 fully saturated rings. The van der Waals surface area contributed by atoms with Gasteiger partial charge in [-0.25, -0.2) is 0 Å². The standard InChI is InChI=1S/C23H29BO3/c1-15-10-16(2)12-19(11-15)21(25)14-18-9-8-17(3)20(13-18)24-26-22(4,5)23(6,7)27-24/h8-13H,14H2,1-7H3. The number of hydrogen-bond donors (Lipinski definition) is 0. The molecule has 0 spiro atoms. The summed E-state index contributed by atoms with van der Waals surface area (Å²) in [6.07, 6.45) is 0.371. The Morgan fingerprint density at radius 2 is 1.44 bits per heavy atom. The largest absolute Gasteiger partial charge is 0.495 e. The van der Waals surface area contributed by atoms with Crippen molar-refractivity contribution in [3.8, 4) is 0 Å². The quantitative estimate of drug-likeness (QED) is 0.598. The Bertz CT molecular complexity index is 847. The lowest BCUT2D eigenvalue weighted by Crippen LogP contribution is -2.41. The van der Waals surface area contributed by atoms with E-state index in [0.717, 1.165) is 33.3 Å². The van der Waals surface area contributed by atoms with Crippen LogP contribution in [0.5, 0.6) is 0 Å². The molecule has 1 heterocycles. The Kier molecular flexibility index (Phi) is 5.09. The Morgan fingerprint density at radius 1 is 0.889 bits per heavy atom. The van der Waals surface area contributed by atoms with Crippen LogP contribution < -0.4 is 5.46 Å². The highest BCUT2D eigenvalue weighted by molar-refractivity contribution is 6.62. The monoisotopic (exact) mass is 364 g/mol. The van der Waals surface area contributed by atoms with Crippen molar-refractivity contribution in [2.45, 2.75) is 66.1 Å². The lowest BCUT2D eigenvalue weighted by atomic mass is 9.75. The molecular weight excluding hydrogens is 335 g/mol. The maximum atomic E-state index is 12.8. The van der Waals surface area contributed by atoms with Crippen LogP contribution in [0.25, 0.3) is 0 Å². The van der Waals surface area contributed by atoms with E-state index in [4.69, 9.17) is 9.31 Å². The number of rotatable bonds is 4. The van der Waals surface area contributed by atoms with Crippen molar-refractivity contribution in [3.05, 3.63) is 64.2 Å². The molecule has 2 aromatic rings. The summed E-state index contributed by atoms with van der Waals surface area (Å²) < 4.78 is 12.4. The van der Waals surface area contributed by atoms with Gasteiger partial charge in [0.1, 0.15) is 0 Å². The van der Waals surface area contributed by atoms with Crippen LogP contribution >= 0.6 is 0 Å². The molecule has 0 bridgehead atoms. The average Bonchev–Trinajstić information content (AvgIpc) is 2.76. The zero-order valence-electron chi connectivity index (χ0n) is 17.5. The van der Waals surface area contributed by atoms with Gasteiger partial charge in [0.2, 0.25) is 0 Å². The average molecular weight is 364 g/mol. The van der Waals surface area contributed by atoms with Gasteiger partial charge in [-0.05, 0) is 71.6 Å². The van der Waals surface area contributed by atoms with Gasteiger partial charge in [0.25, 0.3) is 0 Å². The second-order valence-electron chi connectivity index (χ2n) is 8.76.